The van der Waals surface area contributed by atoms with Gasteiger partial charge < -0.3 is 24.7 Å². The van der Waals surface area contributed by atoms with Crippen molar-refractivity contribution < 1.29 is 27.4 Å². The number of benzene rings is 1. The summed E-state index contributed by atoms with van der Waals surface area (Å²) in [4.78, 5) is 37.8. The molecule has 1 aliphatic heterocycles. The van der Waals surface area contributed by atoms with E-state index >= 15 is 0 Å². The molecule has 37 heavy (non-hydrogen) atoms. The predicted octanol–water partition coefficient (Wildman–Crippen LogP) is 4.50. The number of halogens is 4. The number of hydrogen-bond acceptors (Lipinski definition) is 7. The number of alkyl halides is 3. The molecule has 0 radical (unpaired) electrons. The van der Waals surface area contributed by atoms with Gasteiger partial charge in [0.1, 0.15) is 16.9 Å². The Labute approximate surface area is 218 Å². The number of likely N-dealkylation sites (tertiary alicyclic amines) is 1. The van der Waals surface area contributed by atoms with Gasteiger partial charge in [-0.2, -0.15) is 4.98 Å². The van der Waals surface area contributed by atoms with Crippen molar-refractivity contribution in [1.29, 1.82) is 0 Å². The smallest absolute Gasteiger partial charge is 0.444 e. The molecular formula is C23H26BrF3N6O4. The van der Waals surface area contributed by atoms with Crippen LogP contribution in [0.3, 0.4) is 0 Å². The van der Waals surface area contributed by atoms with E-state index in [1.54, 1.807) is 4.90 Å². The number of aromatic nitrogens is 4. The molecule has 3 aromatic rings. The van der Waals surface area contributed by atoms with Crippen LogP contribution in [-0.4, -0.2) is 62.1 Å². The number of H-pyrrole nitrogens is 1. The Morgan fingerprint density at radius 1 is 1.30 bits per heavy atom. The van der Waals surface area contributed by atoms with Crippen LogP contribution in [0.25, 0.3) is 11.2 Å². The van der Waals surface area contributed by atoms with Crippen molar-refractivity contribution in [3.63, 3.8) is 0 Å². The molecule has 14 heteroatoms. The van der Waals surface area contributed by atoms with Crippen molar-refractivity contribution in [3.8, 4) is 5.75 Å². The summed E-state index contributed by atoms with van der Waals surface area (Å²) in [7, 11) is 0. The van der Waals surface area contributed by atoms with Crippen molar-refractivity contribution >= 4 is 39.1 Å². The zero-order chi connectivity index (χ0) is 27.0. The van der Waals surface area contributed by atoms with Crippen molar-refractivity contribution in [1.82, 2.24) is 24.4 Å². The third-order valence-corrected chi connectivity index (χ3v) is 6.07. The molecule has 0 bridgehead atoms. The lowest BCUT2D eigenvalue weighted by atomic mass is 10.1. The van der Waals surface area contributed by atoms with Crippen LogP contribution in [-0.2, 0) is 11.3 Å². The molecule has 200 valence electrons. The lowest BCUT2D eigenvalue weighted by molar-refractivity contribution is -0.274. The molecule has 0 unspecified atom stereocenters. The number of amides is 1. The number of nitrogens with one attached hydrogen (secondary N) is 2. The summed E-state index contributed by atoms with van der Waals surface area (Å²) >= 11 is 3.24. The first-order valence-electron chi connectivity index (χ1n) is 11.5. The number of imidazole rings is 1. The van der Waals surface area contributed by atoms with Gasteiger partial charge in [-0.1, -0.05) is 15.9 Å². The number of nitrogens with zero attached hydrogens (tertiary/aromatic N) is 4. The van der Waals surface area contributed by atoms with Crippen molar-refractivity contribution in [3.05, 3.63) is 44.9 Å². The number of aromatic amines is 1. The number of fused-ring (bicyclic) bond motifs is 1. The Kier molecular flexibility index (Phi) is 7.40. The molecule has 1 amide bonds. The third-order valence-electron chi connectivity index (χ3n) is 5.57. The Balaban J connectivity index is 1.48. The van der Waals surface area contributed by atoms with Crippen molar-refractivity contribution in [2.24, 2.45) is 5.92 Å². The largest absolute Gasteiger partial charge is 0.573 e. The molecule has 2 N–H and O–H groups in total. The van der Waals surface area contributed by atoms with E-state index in [2.05, 4.69) is 40.9 Å². The van der Waals surface area contributed by atoms with E-state index in [-0.39, 0.29) is 35.7 Å². The van der Waals surface area contributed by atoms with Crippen LogP contribution >= 0.6 is 15.9 Å². The van der Waals surface area contributed by atoms with Gasteiger partial charge in [0.25, 0.3) is 0 Å². The van der Waals surface area contributed by atoms with E-state index in [4.69, 9.17) is 4.74 Å². The van der Waals surface area contributed by atoms with Crippen molar-refractivity contribution in [2.45, 2.75) is 45.7 Å². The molecule has 1 aliphatic rings. The van der Waals surface area contributed by atoms with Gasteiger partial charge in [-0.15, -0.1) is 13.2 Å². The Morgan fingerprint density at radius 3 is 2.76 bits per heavy atom. The minimum Gasteiger partial charge on any atom is -0.444 e. The Bertz CT molecular complexity index is 1350. The van der Waals surface area contributed by atoms with Gasteiger partial charge in [0, 0.05) is 29.7 Å². The zero-order valence-electron chi connectivity index (χ0n) is 20.4. The van der Waals surface area contributed by atoms with Crippen LogP contribution in [0.15, 0.2) is 33.7 Å². The standard InChI is InChI=1S/C23H26BrF3N6O4/c1-22(2,3)37-21(35)32-7-6-13(11-32)9-28-19-29-10-16-18(31-19)33(20(34)30-16)12-14-8-15(24)4-5-17(14)36-23(25,26)27/h4-5,8,10,13H,6-7,9,11-12H2,1-3H3,(H,30,34)(H,28,29,31)/t13-/m0/s1. The van der Waals surface area contributed by atoms with E-state index in [1.165, 1.54) is 29.0 Å². The highest BCUT2D eigenvalue weighted by molar-refractivity contribution is 9.10. The molecule has 2 aromatic heterocycles. The second kappa shape index (κ2) is 10.2. The molecule has 4 rings (SSSR count). The molecule has 3 heterocycles. The van der Waals surface area contributed by atoms with Gasteiger partial charge in [-0.05, 0) is 51.3 Å². The molecule has 0 aliphatic carbocycles. The van der Waals surface area contributed by atoms with E-state index < -0.39 is 23.4 Å². The van der Waals surface area contributed by atoms with Gasteiger partial charge >= 0.3 is 18.1 Å². The van der Waals surface area contributed by atoms with Crippen LogP contribution < -0.4 is 15.7 Å². The highest BCUT2D eigenvalue weighted by Gasteiger charge is 2.32. The maximum Gasteiger partial charge on any atom is 0.573 e. The lowest BCUT2D eigenvalue weighted by Crippen LogP contribution is -2.35. The second-order valence-corrected chi connectivity index (χ2v) is 10.6. The fraction of sp³-hybridized carbons (Fsp3) is 0.478. The van der Waals surface area contributed by atoms with Crippen LogP contribution in [0.2, 0.25) is 0 Å². The maximum absolute atomic E-state index is 12.9. The lowest BCUT2D eigenvalue weighted by Gasteiger charge is -2.24. The van der Waals surface area contributed by atoms with E-state index in [0.717, 1.165) is 6.42 Å². The molecule has 0 saturated carbocycles. The number of carbonyl (C=O) groups excluding carboxylic acids is 1. The second-order valence-electron chi connectivity index (χ2n) is 9.71. The maximum atomic E-state index is 12.9. The van der Waals surface area contributed by atoms with Gasteiger partial charge in [0.05, 0.1) is 12.7 Å². The molecule has 1 atom stereocenters. The summed E-state index contributed by atoms with van der Waals surface area (Å²) in [5.74, 6) is -0.0268. The van der Waals surface area contributed by atoms with E-state index in [9.17, 15) is 22.8 Å². The fourth-order valence-electron chi connectivity index (χ4n) is 3.97. The van der Waals surface area contributed by atoms with Gasteiger partial charge in [-0.3, -0.25) is 4.57 Å². The third kappa shape index (κ3) is 6.93. The average Bonchev–Trinajstić information content (AvgIpc) is 3.37. The molecule has 1 fully saturated rings. The summed E-state index contributed by atoms with van der Waals surface area (Å²) < 4.78 is 49.9. The monoisotopic (exact) mass is 586 g/mol. The molecule has 10 nitrogen and oxygen atoms in total. The number of anilines is 1. The topological polar surface area (TPSA) is 114 Å². The van der Waals surface area contributed by atoms with E-state index in [1.807, 2.05) is 20.8 Å². The predicted molar refractivity (Wildman–Crippen MR) is 132 cm³/mol. The van der Waals surface area contributed by atoms with Crippen molar-refractivity contribution in [2.75, 3.05) is 25.0 Å². The fourth-order valence-corrected chi connectivity index (χ4v) is 4.38. The first-order chi connectivity index (χ1) is 17.3. The molecule has 1 saturated heterocycles. The summed E-state index contributed by atoms with van der Waals surface area (Å²) in [6.07, 6.45) is -3.04. The van der Waals surface area contributed by atoms with Crippen LogP contribution in [0.5, 0.6) is 5.75 Å². The Hall–Kier alpha value is -3.29. The van der Waals surface area contributed by atoms with Crippen LogP contribution in [0, 0.1) is 5.92 Å². The summed E-state index contributed by atoms with van der Waals surface area (Å²) in [6.45, 7) is 6.80. The Morgan fingerprint density at radius 2 is 2.05 bits per heavy atom. The normalized spacial score (nSPS) is 16.3. The minimum absolute atomic E-state index is 0.135. The molecule has 0 spiro atoms. The SMILES string of the molecule is CC(C)(C)OC(=O)N1CC[C@@H](CNc2ncc3[nH]c(=O)n(Cc4cc(Br)ccc4OC(F)(F)F)c3n2)C1. The number of rotatable bonds is 6. The first kappa shape index (κ1) is 26.8. The molecule has 1 aromatic carbocycles. The van der Waals surface area contributed by atoms with Gasteiger partial charge in [0.2, 0.25) is 5.95 Å². The number of ether oxygens (including phenoxy) is 2. The van der Waals surface area contributed by atoms with Crippen LogP contribution in [0.4, 0.5) is 23.9 Å². The molecular weight excluding hydrogens is 561 g/mol. The van der Waals surface area contributed by atoms with E-state index in [0.29, 0.717) is 29.6 Å². The summed E-state index contributed by atoms with van der Waals surface area (Å²) in [5, 5.41) is 3.13. The summed E-state index contributed by atoms with van der Waals surface area (Å²) in [5.41, 5.74) is -0.430. The van der Waals surface area contributed by atoms with Gasteiger partial charge in [0.15, 0.2) is 5.65 Å². The minimum atomic E-state index is -4.88. The highest BCUT2D eigenvalue weighted by Crippen LogP contribution is 2.30. The average molecular weight is 587 g/mol. The van der Waals surface area contributed by atoms with Crippen LogP contribution in [0.1, 0.15) is 32.8 Å². The summed E-state index contributed by atoms with van der Waals surface area (Å²) in [6, 6.07) is 4.04. The van der Waals surface area contributed by atoms with Gasteiger partial charge in [-0.25, -0.2) is 14.6 Å². The number of carbonyl (C=O) groups is 1. The quantitative estimate of drug-likeness (QED) is 0.437. The highest BCUT2D eigenvalue weighted by atomic mass is 79.9. The zero-order valence-corrected chi connectivity index (χ0v) is 21.9. The number of hydrogen-bond donors (Lipinski definition) is 2. The first-order valence-corrected chi connectivity index (χ1v) is 12.3.